The second-order valence-corrected chi connectivity index (χ2v) is 6.64. The molecule has 0 aromatic carbocycles. The van der Waals surface area contributed by atoms with E-state index in [1.54, 1.807) is 11.3 Å². The second-order valence-electron chi connectivity index (χ2n) is 5.58. The summed E-state index contributed by atoms with van der Waals surface area (Å²) < 4.78 is 5.87. The van der Waals surface area contributed by atoms with E-state index in [0.29, 0.717) is 6.61 Å². The smallest absolute Gasteiger partial charge is 0.0897 e. The lowest BCUT2D eigenvalue weighted by molar-refractivity contribution is -0.0357. The summed E-state index contributed by atoms with van der Waals surface area (Å²) in [6.45, 7) is 11.2. The Labute approximate surface area is 114 Å². The number of hydrogen-bond donors (Lipinski definition) is 2. The predicted octanol–water partition coefficient (Wildman–Crippen LogP) is 2.28. The first kappa shape index (κ1) is 15.6. The van der Waals surface area contributed by atoms with Gasteiger partial charge in [0.1, 0.15) is 0 Å². The Hall–Kier alpha value is -0.490. The average molecular weight is 271 g/mol. The van der Waals surface area contributed by atoms with E-state index in [4.69, 9.17) is 10.6 Å². The molecule has 1 aromatic heterocycles. The fraction of sp³-hybridized carbons (Fsp3) is 0.769. The van der Waals surface area contributed by atoms with Crippen LogP contribution in [0.1, 0.15) is 38.4 Å². The Morgan fingerprint density at radius 2 is 2.17 bits per heavy atom. The molecule has 0 aliphatic carbocycles. The largest absolute Gasteiger partial charge is 0.376 e. The van der Waals surface area contributed by atoms with E-state index in [1.807, 2.05) is 13.8 Å². The molecule has 0 spiro atoms. The third-order valence-corrected chi connectivity index (χ3v) is 3.70. The molecule has 2 unspecified atom stereocenters. The van der Waals surface area contributed by atoms with Crippen molar-refractivity contribution < 1.29 is 4.74 Å². The van der Waals surface area contributed by atoms with Crippen molar-refractivity contribution in [3.8, 4) is 0 Å². The van der Waals surface area contributed by atoms with Gasteiger partial charge < -0.3 is 4.74 Å². The molecule has 18 heavy (non-hydrogen) atoms. The van der Waals surface area contributed by atoms with Gasteiger partial charge in [0.15, 0.2) is 0 Å². The Kier molecular flexibility index (Phi) is 5.72. The molecule has 1 heterocycles. The van der Waals surface area contributed by atoms with Crippen molar-refractivity contribution in [1.82, 2.24) is 10.4 Å². The highest BCUT2D eigenvalue weighted by atomic mass is 32.1. The van der Waals surface area contributed by atoms with Crippen molar-refractivity contribution in [3.63, 3.8) is 0 Å². The Bertz CT molecular complexity index is 359. The van der Waals surface area contributed by atoms with Crippen molar-refractivity contribution in [2.45, 2.75) is 53.2 Å². The van der Waals surface area contributed by atoms with E-state index in [0.717, 1.165) is 17.1 Å². The van der Waals surface area contributed by atoms with Crippen LogP contribution in [0, 0.1) is 12.3 Å². The SMILES string of the molecule is CCOC(C(Cc1csc(C)n1)NN)C(C)(C)C. The number of ether oxygens (including phenoxy) is 1. The Balaban J connectivity index is 2.79. The van der Waals surface area contributed by atoms with Gasteiger partial charge in [0.25, 0.3) is 0 Å². The van der Waals surface area contributed by atoms with Crippen LogP contribution in [0.15, 0.2) is 5.38 Å². The molecule has 0 radical (unpaired) electrons. The van der Waals surface area contributed by atoms with E-state index in [1.165, 1.54) is 0 Å². The third-order valence-electron chi connectivity index (χ3n) is 2.87. The standard InChI is InChI=1S/C13H25N3OS/c1-6-17-12(13(3,4)5)11(16-14)7-10-8-18-9(2)15-10/h8,11-12,16H,6-7,14H2,1-5H3. The molecular weight excluding hydrogens is 246 g/mol. The number of thiazole rings is 1. The summed E-state index contributed by atoms with van der Waals surface area (Å²) in [6.07, 6.45) is 0.859. The molecule has 0 amide bonds. The van der Waals surface area contributed by atoms with Crippen LogP contribution in [0.3, 0.4) is 0 Å². The van der Waals surface area contributed by atoms with Crippen LogP contribution in [0.25, 0.3) is 0 Å². The lowest BCUT2D eigenvalue weighted by Crippen LogP contribution is -2.52. The van der Waals surface area contributed by atoms with Crippen LogP contribution in [-0.2, 0) is 11.2 Å². The van der Waals surface area contributed by atoms with E-state index in [-0.39, 0.29) is 17.6 Å². The van der Waals surface area contributed by atoms with Gasteiger partial charge in [-0.1, -0.05) is 20.8 Å². The molecule has 1 rings (SSSR count). The van der Waals surface area contributed by atoms with Gasteiger partial charge in [-0.15, -0.1) is 11.3 Å². The Morgan fingerprint density at radius 1 is 1.50 bits per heavy atom. The number of nitrogens with zero attached hydrogens (tertiary/aromatic N) is 1. The van der Waals surface area contributed by atoms with Gasteiger partial charge >= 0.3 is 0 Å². The van der Waals surface area contributed by atoms with Gasteiger partial charge in [-0.2, -0.15) is 0 Å². The van der Waals surface area contributed by atoms with E-state index >= 15 is 0 Å². The maximum atomic E-state index is 5.87. The van der Waals surface area contributed by atoms with E-state index in [9.17, 15) is 0 Å². The van der Waals surface area contributed by atoms with Crippen molar-refractivity contribution in [2.75, 3.05) is 6.61 Å². The zero-order valence-electron chi connectivity index (χ0n) is 12.0. The highest BCUT2D eigenvalue weighted by Crippen LogP contribution is 2.26. The maximum Gasteiger partial charge on any atom is 0.0897 e. The first-order valence-corrected chi connectivity index (χ1v) is 7.25. The fourth-order valence-electron chi connectivity index (χ4n) is 2.13. The summed E-state index contributed by atoms with van der Waals surface area (Å²) in [5, 5.41) is 3.18. The van der Waals surface area contributed by atoms with Gasteiger partial charge in [-0.3, -0.25) is 11.3 Å². The molecule has 0 saturated carbocycles. The number of hydrogen-bond acceptors (Lipinski definition) is 5. The average Bonchev–Trinajstić information content (AvgIpc) is 2.67. The summed E-state index contributed by atoms with van der Waals surface area (Å²) in [5.41, 5.74) is 4.01. The monoisotopic (exact) mass is 271 g/mol. The molecule has 104 valence electrons. The third kappa shape index (κ3) is 4.31. The number of nitrogens with one attached hydrogen (secondary N) is 1. The summed E-state index contributed by atoms with van der Waals surface area (Å²) in [4.78, 5) is 4.49. The van der Waals surface area contributed by atoms with Crippen LogP contribution in [0.4, 0.5) is 0 Å². The van der Waals surface area contributed by atoms with Crippen molar-refractivity contribution in [2.24, 2.45) is 11.3 Å². The van der Waals surface area contributed by atoms with Gasteiger partial charge in [0, 0.05) is 18.4 Å². The molecule has 0 fully saturated rings. The first-order chi connectivity index (χ1) is 8.38. The lowest BCUT2D eigenvalue weighted by atomic mass is 9.83. The van der Waals surface area contributed by atoms with Gasteiger partial charge in [-0.25, -0.2) is 4.98 Å². The number of aromatic nitrogens is 1. The lowest BCUT2D eigenvalue weighted by Gasteiger charge is -2.36. The van der Waals surface area contributed by atoms with Gasteiger partial charge in [0.05, 0.1) is 22.8 Å². The molecule has 0 bridgehead atoms. The van der Waals surface area contributed by atoms with Crippen LogP contribution >= 0.6 is 11.3 Å². The van der Waals surface area contributed by atoms with E-state index in [2.05, 4.69) is 36.6 Å². The summed E-state index contributed by atoms with van der Waals surface area (Å²) in [5.74, 6) is 5.70. The highest BCUT2D eigenvalue weighted by Gasteiger charge is 2.32. The Morgan fingerprint density at radius 3 is 2.56 bits per heavy atom. The molecule has 2 atom stereocenters. The van der Waals surface area contributed by atoms with Gasteiger partial charge in [0.2, 0.25) is 0 Å². The number of aryl methyl sites for hydroxylation is 1. The van der Waals surface area contributed by atoms with Crippen molar-refractivity contribution in [3.05, 3.63) is 16.1 Å². The topological polar surface area (TPSA) is 60.2 Å². The summed E-state index contributed by atoms with van der Waals surface area (Å²) in [6, 6.07) is 0.0754. The fourth-order valence-corrected chi connectivity index (χ4v) is 2.76. The summed E-state index contributed by atoms with van der Waals surface area (Å²) in [7, 11) is 0. The number of hydrazine groups is 1. The normalized spacial score (nSPS) is 15.7. The van der Waals surface area contributed by atoms with E-state index < -0.39 is 0 Å². The minimum Gasteiger partial charge on any atom is -0.376 e. The van der Waals surface area contributed by atoms with Gasteiger partial charge in [-0.05, 0) is 19.3 Å². The molecule has 0 saturated heterocycles. The molecule has 1 aromatic rings. The molecule has 4 nitrogen and oxygen atoms in total. The van der Waals surface area contributed by atoms with Crippen LogP contribution in [0.5, 0.6) is 0 Å². The summed E-state index contributed by atoms with van der Waals surface area (Å²) >= 11 is 1.67. The van der Waals surface area contributed by atoms with Crippen LogP contribution < -0.4 is 11.3 Å². The van der Waals surface area contributed by atoms with Crippen molar-refractivity contribution in [1.29, 1.82) is 0 Å². The minimum atomic E-state index is 0.0398. The molecule has 0 aliphatic rings. The van der Waals surface area contributed by atoms with Crippen LogP contribution in [0.2, 0.25) is 0 Å². The van der Waals surface area contributed by atoms with Crippen molar-refractivity contribution >= 4 is 11.3 Å². The second kappa shape index (κ2) is 6.61. The zero-order chi connectivity index (χ0) is 13.8. The highest BCUT2D eigenvalue weighted by molar-refractivity contribution is 7.09. The van der Waals surface area contributed by atoms with Crippen LogP contribution in [-0.4, -0.2) is 23.7 Å². The number of nitrogens with two attached hydrogens (primary N) is 1. The molecular formula is C13H25N3OS. The number of rotatable bonds is 6. The maximum absolute atomic E-state index is 5.87. The molecule has 3 N–H and O–H groups in total. The zero-order valence-corrected chi connectivity index (χ0v) is 12.8. The molecule has 0 aliphatic heterocycles. The minimum absolute atomic E-state index is 0.0398. The first-order valence-electron chi connectivity index (χ1n) is 6.37. The quantitative estimate of drug-likeness (QED) is 0.615. The molecule has 5 heteroatoms. The predicted molar refractivity (Wildman–Crippen MR) is 76.5 cm³/mol.